The first-order chi connectivity index (χ1) is 9.58. The number of benzene rings is 1. The summed E-state index contributed by atoms with van der Waals surface area (Å²) in [5.41, 5.74) is 3.09. The van der Waals surface area contributed by atoms with Crippen LogP contribution in [0.1, 0.15) is 23.4 Å². The molecule has 0 unspecified atom stereocenters. The van der Waals surface area contributed by atoms with Crippen LogP contribution in [0.3, 0.4) is 0 Å². The number of anilines is 1. The number of nitrogens with zero attached hydrogens (tertiary/aromatic N) is 2. The minimum absolute atomic E-state index is 0.103. The molecule has 0 bridgehead atoms. The van der Waals surface area contributed by atoms with Gasteiger partial charge in [-0.15, -0.1) is 0 Å². The Morgan fingerprint density at radius 2 is 2.00 bits per heavy atom. The summed E-state index contributed by atoms with van der Waals surface area (Å²) in [6.07, 6.45) is 1.85. The zero-order valence-corrected chi connectivity index (χ0v) is 11.5. The molecule has 0 fully saturated rings. The molecule has 0 spiro atoms. The van der Waals surface area contributed by atoms with Crippen molar-refractivity contribution in [1.29, 1.82) is 0 Å². The van der Waals surface area contributed by atoms with E-state index >= 15 is 0 Å². The minimum Gasteiger partial charge on any atom is -0.385 e. The molecule has 1 aromatic carbocycles. The van der Waals surface area contributed by atoms with Gasteiger partial charge in [0.25, 0.3) is 5.69 Å². The van der Waals surface area contributed by atoms with E-state index in [9.17, 15) is 10.1 Å². The van der Waals surface area contributed by atoms with Crippen LogP contribution in [0.4, 0.5) is 11.4 Å². The second-order valence-electron chi connectivity index (χ2n) is 4.64. The van der Waals surface area contributed by atoms with E-state index in [0.717, 1.165) is 42.1 Å². The van der Waals surface area contributed by atoms with Gasteiger partial charge in [0, 0.05) is 29.9 Å². The first kappa shape index (κ1) is 14.0. The SMILES string of the molecule is Cc1noc(C)c1CCCNc1ccc([N+](=O)[O-])cc1. The fourth-order valence-electron chi connectivity index (χ4n) is 2.06. The number of non-ortho nitro benzene ring substituents is 1. The molecule has 20 heavy (non-hydrogen) atoms. The van der Waals surface area contributed by atoms with Crippen LogP contribution in [0.5, 0.6) is 0 Å². The van der Waals surface area contributed by atoms with E-state index in [1.807, 2.05) is 13.8 Å². The van der Waals surface area contributed by atoms with Crippen molar-refractivity contribution in [3.63, 3.8) is 0 Å². The van der Waals surface area contributed by atoms with Gasteiger partial charge in [-0.2, -0.15) is 0 Å². The molecular weight excluding hydrogens is 258 g/mol. The van der Waals surface area contributed by atoms with E-state index in [2.05, 4.69) is 10.5 Å². The molecule has 0 amide bonds. The molecule has 0 aliphatic heterocycles. The van der Waals surface area contributed by atoms with Crippen molar-refractivity contribution in [3.05, 3.63) is 51.4 Å². The number of nitro benzene ring substituents is 1. The van der Waals surface area contributed by atoms with Crippen molar-refractivity contribution >= 4 is 11.4 Å². The number of rotatable bonds is 6. The van der Waals surface area contributed by atoms with Gasteiger partial charge in [-0.05, 0) is 38.8 Å². The largest absolute Gasteiger partial charge is 0.385 e. The Balaban J connectivity index is 1.80. The van der Waals surface area contributed by atoms with E-state index in [4.69, 9.17) is 4.52 Å². The highest BCUT2D eigenvalue weighted by Crippen LogP contribution is 2.16. The van der Waals surface area contributed by atoms with Gasteiger partial charge in [-0.3, -0.25) is 10.1 Å². The number of aryl methyl sites for hydroxylation is 2. The van der Waals surface area contributed by atoms with Gasteiger partial charge in [-0.1, -0.05) is 5.16 Å². The normalized spacial score (nSPS) is 10.5. The molecule has 0 saturated heterocycles. The van der Waals surface area contributed by atoms with Gasteiger partial charge < -0.3 is 9.84 Å². The van der Waals surface area contributed by atoms with E-state index in [-0.39, 0.29) is 5.69 Å². The van der Waals surface area contributed by atoms with Crippen LogP contribution < -0.4 is 5.32 Å². The highest BCUT2D eigenvalue weighted by molar-refractivity contribution is 5.48. The Bertz CT molecular complexity index is 571. The summed E-state index contributed by atoms with van der Waals surface area (Å²) < 4.78 is 5.11. The molecule has 0 saturated carbocycles. The molecule has 1 N–H and O–H groups in total. The van der Waals surface area contributed by atoms with Gasteiger partial charge in [0.05, 0.1) is 10.6 Å². The van der Waals surface area contributed by atoms with E-state index in [1.165, 1.54) is 12.1 Å². The average Bonchev–Trinajstić information content (AvgIpc) is 2.75. The Morgan fingerprint density at radius 1 is 1.30 bits per heavy atom. The summed E-state index contributed by atoms with van der Waals surface area (Å²) >= 11 is 0. The van der Waals surface area contributed by atoms with Crippen LogP contribution in [0, 0.1) is 24.0 Å². The summed E-state index contributed by atoms with van der Waals surface area (Å²) in [7, 11) is 0. The molecular formula is C14H17N3O3. The standard InChI is InChI=1S/C14H17N3O3/c1-10-14(11(2)20-16-10)4-3-9-15-12-5-7-13(8-6-12)17(18)19/h5-8,15H,3-4,9H2,1-2H3. The highest BCUT2D eigenvalue weighted by Gasteiger charge is 2.08. The third-order valence-electron chi connectivity index (χ3n) is 3.19. The lowest BCUT2D eigenvalue weighted by Crippen LogP contribution is -2.03. The third-order valence-corrected chi connectivity index (χ3v) is 3.19. The van der Waals surface area contributed by atoms with Gasteiger partial charge in [-0.25, -0.2) is 0 Å². The van der Waals surface area contributed by atoms with E-state index in [0.29, 0.717) is 0 Å². The number of hydrogen-bond acceptors (Lipinski definition) is 5. The second kappa shape index (κ2) is 6.18. The van der Waals surface area contributed by atoms with Crippen molar-refractivity contribution in [3.8, 4) is 0 Å². The molecule has 1 heterocycles. The number of hydrogen-bond donors (Lipinski definition) is 1. The molecule has 0 aliphatic carbocycles. The van der Waals surface area contributed by atoms with E-state index in [1.54, 1.807) is 12.1 Å². The molecule has 0 atom stereocenters. The van der Waals surface area contributed by atoms with Crippen LogP contribution in [0.15, 0.2) is 28.8 Å². The van der Waals surface area contributed by atoms with Crippen LogP contribution >= 0.6 is 0 Å². The zero-order chi connectivity index (χ0) is 14.5. The molecule has 2 rings (SSSR count). The molecule has 6 heteroatoms. The van der Waals surface area contributed by atoms with Crippen molar-refractivity contribution in [1.82, 2.24) is 5.16 Å². The van der Waals surface area contributed by atoms with Crippen molar-refractivity contribution in [2.45, 2.75) is 26.7 Å². The number of nitrogens with one attached hydrogen (secondary N) is 1. The van der Waals surface area contributed by atoms with Gasteiger partial charge >= 0.3 is 0 Å². The Hall–Kier alpha value is -2.37. The maximum absolute atomic E-state index is 10.5. The fourth-order valence-corrected chi connectivity index (χ4v) is 2.06. The predicted molar refractivity (Wildman–Crippen MR) is 75.9 cm³/mol. The lowest BCUT2D eigenvalue weighted by atomic mass is 10.1. The summed E-state index contributed by atoms with van der Waals surface area (Å²) in [5, 5.41) is 17.7. The maximum Gasteiger partial charge on any atom is 0.269 e. The Kier molecular flexibility index (Phi) is 4.34. The lowest BCUT2D eigenvalue weighted by molar-refractivity contribution is -0.384. The predicted octanol–water partition coefficient (Wildman–Crippen LogP) is 3.24. The van der Waals surface area contributed by atoms with Crippen molar-refractivity contribution in [2.75, 3.05) is 11.9 Å². The zero-order valence-electron chi connectivity index (χ0n) is 11.5. The quantitative estimate of drug-likeness (QED) is 0.497. The second-order valence-corrected chi connectivity index (χ2v) is 4.64. The third kappa shape index (κ3) is 3.34. The molecule has 0 radical (unpaired) electrons. The molecule has 6 nitrogen and oxygen atoms in total. The molecule has 106 valence electrons. The molecule has 2 aromatic rings. The Morgan fingerprint density at radius 3 is 2.55 bits per heavy atom. The van der Waals surface area contributed by atoms with Gasteiger partial charge in [0.2, 0.25) is 0 Å². The molecule has 1 aromatic heterocycles. The van der Waals surface area contributed by atoms with Crippen molar-refractivity contribution in [2.24, 2.45) is 0 Å². The minimum atomic E-state index is -0.402. The van der Waals surface area contributed by atoms with Crippen molar-refractivity contribution < 1.29 is 9.45 Å². The fraction of sp³-hybridized carbons (Fsp3) is 0.357. The monoisotopic (exact) mass is 275 g/mol. The summed E-state index contributed by atoms with van der Waals surface area (Å²) in [5.74, 6) is 0.873. The summed E-state index contributed by atoms with van der Waals surface area (Å²) in [6, 6.07) is 6.43. The highest BCUT2D eigenvalue weighted by atomic mass is 16.6. The first-order valence-corrected chi connectivity index (χ1v) is 6.48. The van der Waals surface area contributed by atoms with Crippen LogP contribution in [-0.2, 0) is 6.42 Å². The van der Waals surface area contributed by atoms with Gasteiger partial charge in [0.1, 0.15) is 5.76 Å². The van der Waals surface area contributed by atoms with Crippen LogP contribution in [0.2, 0.25) is 0 Å². The van der Waals surface area contributed by atoms with Crippen LogP contribution in [0.25, 0.3) is 0 Å². The number of nitro groups is 1. The lowest BCUT2D eigenvalue weighted by Gasteiger charge is -2.05. The summed E-state index contributed by atoms with van der Waals surface area (Å²) in [6.45, 7) is 4.65. The average molecular weight is 275 g/mol. The van der Waals surface area contributed by atoms with E-state index < -0.39 is 4.92 Å². The number of aromatic nitrogens is 1. The summed E-state index contributed by atoms with van der Waals surface area (Å²) in [4.78, 5) is 10.1. The maximum atomic E-state index is 10.5. The first-order valence-electron chi connectivity index (χ1n) is 6.48. The van der Waals surface area contributed by atoms with Gasteiger partial charge in [0.15, 0.2) is 0 Å². The molecule has 0 aliphatic rings. The Labute approximate surface area is 116 Å². The topological polar surface area (TPSA) is 81.2 Å². The van der Waals surface area contributed by atoms with Crippen LogP contribution in [-0.4, -0.2) is 16.6 Å². The smallest absolute Gasteiger partial charge is 0.269 e.